The molecule has 94 valence electrons. The van der Waals surface area contributed by atoms with E-state index in [0.717, 1.165) is 0 Å². The molecule has 0 heterocycles. The molecular weight excluding hydrogens is 212 g/mol. The van der Waals surface area contributed by atoms with E-state index in [0.29, 0.717) is 0 Å². The van der Waals surface area contributed by atoms with Crippen LogP contribution in [0.5, 0.6) is 0 Å². The van der Waals surface area contributed by atoms with Crippen molar-refractivity contribution in [2.75, 3.05) is 13.2 Å². The Balaban J connectivity index is 4.90. The lowest BCUT2D eigenvalue weighted by molar-refractivity contribution is -0.173. The van der Waals surface area contributed by atoms with E-state index in [9.17, 15) is 14.7 Å². The smallest absolute Gasteiger partial charge is 0.323 e. The lowest BCUT2D eigenvalue weighted by Gasteiger charge is -2.28. The Morgan fingerprint density at radius 3 is 1.75 bits per heavy atom. The van der Waals surface area contributed by atoms with Crippen molar-refractivity contribution in [1.82, 2.24) is 0 Å². The van der Waals surface area contributed by atoms with Crippen molar-refractivity contribution in [1.29, 1.82) is 0 Å². The first-order chi connectivity index (χ1) is 7.40. The third-order valence-electron chi connectivity index (χ3n) is 2.38. The molecule has 1 atom stereocenters. The first-order valence-corrected chi connectivity index (χ1v) is 5.46. The molecule has 0 radical (unpaired) electrons. The third-order valence-corrected chi connectivity index (χ3v) is 2.38. The Morgan fingerprint density at radius 1 is 1.12 bits per heavy atom. The summed E-state index contributed by atoms with van der Waals surface area (Å²) >= 11 is 0. The van der Waals surface area contributed by atoms with Gasteiger partial charge >= 0.3 is 11.9 Å². The van der Waals surface area contributed by atoms with Crippen LogP contribution in [-0.2, 0) is 19.1 Å². The average Bonchev–Trinajstić information content (AvgIpc) is 2.18. The number of carbonyl (C=O) groups is 2. The minimum absolute atomic E-state index is 0.161. The van der Waals surface area contributed by atoms with Gasteiger partial charge in [-0.2, -0.15) is 0 Å². The Bertz CT molecular complexity index is 229. The number of hydrogen-bond donors (Lipinski definition) is 1. The van der Waals surface area contributed by atoms with Gasteiger partial charge < -0.3 is 14.6 Å². The summed E-state index contributed by atoms with van der Waals surface area (Å²) in [6.07, 6.45) is 0.259. The molecule has 0 aromatic carbocycles. The summed E-state index contributed by atoms with van der Waals surface area (Å²) in [6.45, 7) is 6.71. The van der Waals surface area contributed by atoms with Crippen molar-refractivity contribution >= 4 is 11.9 Å². The second kappa shape index (κ2) is 6.48. The molecule has 0 saturated carbocycles. The summed E-state index contributed by atoms with van der Waals surface area (Å²) < 4.78 is 9.52. The molecule has 0 amide bonds. The van der Waals surface area contributed by atoms with Crippen LogP contribution in [0.3, 0.4) is 0 Å². The van der Waals surface area contributed by atoms with Gasteiger partial charge in [0.1, 0.15) is 0 Å². The molecule has 1 N–H and O–H groups in total. The SMILES string of the molecule is CCOC(=O)C(C(=O)OCC)C(C)(O)CC. The number of rotatable bonds is 6. The lowest BCUT2D eigenvalue weighted by Crippen LogP contribution is -2.45. The molecule has 16 heavy (non-hydrogen) atoms. The first-order valence-electron chi connectivity index (χ1n) is 5.46. The summed E-state index contributed by atoms with van der Waals surface area (Å²) in [6, 6.07) is 0. The van der Waals surface area contributed by atoms with Crippen LogP contribution in [0.25, 0.3) is 0 Å². The molecule has 0 spiro atoms. The molecule has 0 aliphatic carbocycles. The van der Waals surface area contributed by atoms with Crippen LogP contribution >= 0.6 is 0 Å². The van der Waals surface area contributed by atoms with Crippen molar-refractivity contribution in [3.63, 3.8) is 0 Å². The Hall–Kier alpha value is -1.10. The van der Waals surface area contributed by atoms with Gasteiger partial charge in [0.05, 0.1) is 18.8 Å². The number of carbonyl (C=O) groups excluding carboxylic acids is 2. The molecule has 0 aliphatic heterocycles. The first kappa shape index (κ1) is 14.9. The van der Waals surface area contributed by atoms with Gasteiger partial charge in [-0.3, -0.25) is 9.59 Å². The van der Waals surface area contributed by atoms with Crippen LogP contribution < -0.4 is 0 Å². The highest BCUT2D eigenvalue weighted by atomic mass is 16.6. The monoisotopic (exact) mass is 232 g/mol. The lowest BCUT2D eigenvalue weighted by atomic mass is 9.87. The van der Waals surface area contributed by atoms with Crippen molar-refractivity contribution in [2.24, 2.45) is 5.92 Å². The highest BCUT2D eigenvalue weighted by Gasteiger charge is 2.44. The summed E-state index contributed by atoms with van der Waals surface area (Å²) in [5.74, 6) is -2.77. The molecular formula is C11H20O5. The van der Waals surface area contributed by atoms with Gasteiger partial charge in [-0.1, -0.05) is 6.92 Å². The Morgan fingerprint density at radius 2 is 1.50 bits per heavy atom. The molecule has 0 aromatic rings. The fourth-order valence-corrected chi connectivity index (χ4v) is 1.26. The predicted molar refractivity (Wildman–Crippen MR) is 57.7 cm³/mol. The van der Waals surface area contributed by atoms with E-state index in [-0.39, 0.29) is 19.6 Å². The summed E-state index contributed by atoms with van der Waals surface area (Å²) in [4.78, 5) is 23.2. The minimum atomic E-state index is -1.45. The van der Waals surface area contributed by atoms with Crippen LogP contribution in [0.15, 0.2) is 0 Å². The molecule has 0 aromatic heterocycles. The topological polar surface area (TPSA) is 72.8 Å². The molecule has 0 bridgehead atoms. The van der Waals surface area contributed by atoms with E-state index >= 15 is 0 Å². The summed E-state index contributed by atoms with van der Waals surface area (Å²) in [7, 11) is 0. The normalized spacial score (nSPS) is 14.4. The predicted octanol–water partition coefficient (Wildman–Crippen LogP) is 0.890. The molecule has 0 rings (SSSR count). The number of esters is 2. The van der Waals surface area contributed by atoms with Gasteiger partial charge in [0, 0.05) is 0 Å². The van der Waals surface area contributed by atoms with E-state index in [1.807, 2.05) is 0 Å². The van der Waals surface area contributed by atoms with Crippen LogP contribution in [0.4, 0.5) is 0 Å². The third kappa shape index (κ3) is 3.81. The maximum Gasteiger partial charge on any atom is 0.323 e. The maximum absolute atomic E-state index is 11.6. The number of hydrogen-bond acceptors (Lipinski definition) is 5. The zero-order valence-corrected chi connectivity index (χ0v) is 10.3. The Labute approximate surface area is 95.7 Å². The molecule has 0 fully saturated rings. The summed E-state index contributed by atoms with van der Waals surface area (Å²) in [5, 5.41) is 9.98. The van der Waals surface area contributed by atoms with Gasteiger partial charge in [0.2, 0.25) is 0 Å². The van der Waals surface area contributed by atoms with Crippen LogP contribution in [0.1, 0.15) is 34.1 Å². The van der Waals surface area contributed by atoms with Crippen molar-refractivity contribution < 1.29 is 24.2 Å². The largest absolute Gasteiger partial charge is 0.465 e. The zero-order valence-electron chi connectivity index (χ0n) is 10.3. The van der Waals surface area contributed by atoms with E-state index in [1.54, 1.807) is 20.8 Å². The van der Waals surface area contributed by atoms with Gasteiger partial charge in [0.25, 0.3) is 0 Å². The van der Waals surface area contributed by atoms with Gasteiger partial charge in [-0.05, 0) is 27.2 Å². The van der Waals surface area contributed by atoms with Gasteiger partial charge in [-0.25, -0.2) is 0 Å². The van der Waals surface area contributed by atoms with Crippen LogP contribution in [-0.4, -0.2) is 35.9 Å². The number of aliphatic hydroxyl groups is 1. The highest BCUT2D eigenvalue weighted by Crippen LogP contribution is 2.23. The van der Waals surface area contributed by atoms with E-state index in [1.165, 1.54) is 6.92 Å². The van der Waals surface area contributed by atoms with Crippen LogP contribution in [0, 0.1) is 5.92 Å². The van der Waals surface area contributed by atoms with Crippen molar-refractivity contribution in [3.8, 4) is 0 Å². The van der Waals surface area contributed by atoms with Crippen molar-refractivity contribution in [2.45, 2.75) is 39.7 Å². The summed E-state index contributed by atoms with van der Waals surface area (Å²) in [5.41, 5.74) is -1.45. The van der Waals surface area contributed by atoms with Crippen LogP contribution in [0.2, 0.25) is 0 Å². The van der Waals surface area contributed by atoms with Crippen molar-refractivity contribution in [3.05, 3.63) is 0 Å². The fraction of sp³-hybridized carbons (Fsp3) is 0.818. The second-order valence-corrected chi connectivity index (χ2v) is 3.65. The number of ether oxygens (including phenoxy) is 2. The molecule has 5 nitrogen and oxygen atoms in total. The molecule has 0 aliphatic rings. The fourth-order valence-electron chi connectivity index (χ4n) is 1.26. The average molecular weight is 232 g/mol. The standard InChI is InChI=1S/C11H20O5/c1-5-11(4,14)8(9(12)15-6-2)10(13)16-7-3/h8,14H,5-7H2,1-4H3. The Kier molecular flexibility index (Phi) is 6.03. The minimum Gasteiger partial charge on any atom is -0.465 e. The van der Waals surface area contributed by atoms with Gasteiger partial charge in [-0.15, -0.1) is 0 Å². The molecule has 0 saturated heterocycles. The zero-order chi connectivity index (χ0) is 12.8. The maximum atomic E-state index is 11.6. The van der Waals surface area contributed by atoms with E-state index < -0.39 is 23.5 Å². The quantitative estimate of drug-likeness (QED) is 0.544. The highest BCUT2D eigenvalue weighted by molar-refractivity contribution is 5.96. The van der Waals surface area contributed by atoms with E-state index in [2.05, 4.69) is 0 Å². The molecule has 5 heteroatoms. The molecule has 1 unspecified atom stereocenters. The van der Waals surface area contributed by atoms with E-state index in [4.69, 9.17) is 9.47 Å². The van der Waals surface area contributed by atoms with Gasteiger partial charge in [0.15, 0.2) is 5.92 Å². The second-order valence-electron chi connectivity index (χ2n) is 3.65.